The van der Waals surface area contributed by atoms with Crippen molar-refractivity contribution in [1.29, 1.82) is 0 Å². The lowest BCUT2D eigenvalue weighted by Crippen LogP contribution is -2.13. The molecule has 0 radical (unpaired) electrons. The second-order valence-corrected chi connectivity index (χ2v) is 4.97. The van der Waals surface area contributed by atoms with Crippen LogP contribution in [0.5, 0.6) is 0 Å². The highest BCUT2D eigenvalue weighted by Crippen LogP contribution is 2.28. The number of rotatable bonds is 4. The second kappa shape index (κ2) is 4.74. The Balaban J connectivity index is 2.16. The van der Waals surface area contributed by atoms with Crippen molar-refractivity contribution in [1.82, 2.24) is 19.6 Å². The van der Waals surface area contributed by atoms with Gasteiger partial charge in [0.15, 0.2) is 0 Å². The Morgan fingerprint density at radius 1 is 1.39 bits per heavy atom. The van der Waals surface area contributed by atoms with Gasteiger partial charge in [-0.15, -0.1) is 5.10 Å². The number of aliphatic hydroxyl groups is 1. The first kappa shape index (κ1) is 11.7. The Hall–Kier alpha value is -1.34. The number of anilines is 1. The van der Waals surface area contributed by atoms with Crippen LogP contribution in [0.25, 0.3) is 5.78 Å². The van der Waals surface area contributed by atoms with E-state index in [-0.39, 0.29) is 6.61 Å². The zero-order valence-corrected chi connectivity index (χ0v) is 11.0. The summed E-state index contributed by atoms with van der Waals surface area (Å²) in [6.45, 7) is 0.614. The minimum absolute atomic E-state index is 0.0999. The topological polar surface area (TPSA) is 75.3 Å². The van der Waals surface area contributed by atoms with Gasteiger partial charge in [-0.2, -0.15) is 9.50 Å². The highest BCUT2D eigenvalue weighted by molar-refractivity contribution is 7.98. The largest absolute Gasteiger partial charge is 0.395 e. The molecule has 18 heavy (non-hydrogen) atoms. The molecule has 1 aliphatic rings. The van der Waals surface area contributed by atoms with E-state index < -0.39 is 0 Å². The van der Waals surface area contributed by atoms with Crippen LogP contribution in [-0.4, -0.2) is 44.1 Å². The van der Waals surface area contributed by atoms with Crippen LogP contribution in [0.15, 0.2) is 5.16 Å². The third-order valence-corrected chi connectivity index (χ3v) is 3.62. The van der Waals surface area contributed by atoms with Crippen molar-refractivity contribution in [2.24, 2.45) is 0 Å². The van der Waals surface area contributed by atoms with Gasteiger partial charge >= 0.3 is 0 Å². The fraction of sp³-hybridized carbons (Fsp3) is 0.545. The van der Waals surface area contributed by atoms with Crippen molar-refractivity contribution in [2.45, 2.75) is 24.4 Å². The fourth-order valence-electron chi connectivity index (χ4n) is 2.31. The van der Waals surface area contributed by atoms with Crippen LogP contribution in [0.2, 0.25) is 0 Å². The first-order valence-corrected chi connectivity index (χ1v) is 7.23. The van der Waals surface area contributed by atoms with Gasteiger partial charge in [-0.1, -0.05) is 11.8 Å². The van der Waals surface area contributed by atoms with Crippen molar-refractivity contribution in [3.63, 3.8) is 0 Å². The molecule has 2 aromatic rings. The predicted molar refractivity (Wildman–Crippen MR) is 70.2 cm³/mol. The van der Waals surface area contributed by atoms with E-state index in [4.69, 9.17) is 5.11 Å². The molecule has 0 aliphatic heterocycles. The average molecular weight is 265 g/mol. The Morgan fingerprint density at radius 2 is 2.28 bits per heavy atom. The molecule has 0 saturated carbocycles. The van der Waals surface area contributed by atoms with E-state index in [9.17, 15) is 0 Å². The summed E-state index contributed by atoms with van der Waals surface area (Å²) in [5.41, 5.74) is 2.33. The van der Waals surface area contributed by atoms with E-state index in [1.165, 1.54) is 17.3 Å². The number of thioether (sulfide) groups is 1. The number of nitrogens with one attached hydrogen (secondary N) is 1. The molecule has 3 rings (SSSR count). The summed E-state index contributed by atoms with van der Waals surface area (Å²) in [5, 5.41) is 17.4. The summed E-state index contributed by atoms with van der Waals surface area (Å²) < 4.78 is 1.76. The van der Waals surface area contributed by atoms with Gasteiger partial charge in [0.2, 0.25) is 5.16 Å². The lowest BCUT2D eigenvalue weighted by molar-refractivity contribution is 0.311. The summed E-state index contributed by atoms with van der Waals surface area (Å²) in [5.74, 6) is 1.58. The molecule has 6 nitrogen and oxygen atoms in total. The molecule has 0 bridgehead atoms. The summed E-state index contributed by atoms with van der Waals surface area (Å²) in [4.78, 5) is 8.95. The number of aryl methyl sites for hydroxylation is 1. The zero-order valence-electron chi connectivity index (χ0n) is 10.2. The number of aliphatic hydroxyl groups excluding tert-OH is 1. The predicted octanol–water partition coefficient (Wildman–Crippen LogP) is 0.739. The van der Waals surface area contributed by atoms with Crippen LogP contribution in [0.3, 0.4) is 0 Å². The van der Waals surface area contributed by atoms with Crippen LogP contribution >= 0.6 is 11.8 Å². The lowest BCUT2D eigenvalue weighted by Gasteiger charge is -2.11. The molecule has 96 valence electrons. The van der Waals surface area contributed by atoms with E-state index in [0.717, 1.165) is 35.9 Å². The maximum atomic E-state index is 8.97. The number of hydrogen-bond donors (Lipinski definition) is 2. The quantitative estimate of drug-likeness (QED) is 0.794. The zero-order chi connectivity index (χ0) is 12.5. The molecular formula is C11H15N5OS. The van der Waals surface area contributed by atoms with E-state index >= 15 is 0 Å². The number of nitrogens with zero attached hydrogens (tertiary/aromatic N) is 4. The monoisotopic (exact) mass is 265 g/mol. The van der Waals surface area contributed by atoms with E-state index in [2.05, 4.69) is 20.4 Å². The normalized spacial score (nSPS) is 14.1. The molecule has 2 aromatic heterocycles. The molecule has 2 N–H and O–H groups in total. The minimum Gasteiger partial charge on any atom is -0.395 e. The van der Waals surface area contributed by atoms with Crippen molar-refractivity contribution in [2.75, 3.05) is 24.7 Å². The fourth-order valence-corrected chi connectivity index (χ4v) is 2.64. The molecule has 0 amide bonds. The Morgan fingerprint density at radius 3 is 3.06 bits per heavy atom. The van der Waals surface area contributed by atoms with Crippen molar-refractivity contribution < 1.29 is 5.11 Å². The van der Waals surface area contributed by atoms with Gasteiger partial charge in [0, 0.05) is 12.1 Å². The molecule has 1 aliphatic carbocycles. The van der Waals surface area contributed by atoms with Crippen LogP contribution in [0, 0.1) is 0 Å². The molecule has 2 heterocycles. The van der Waals surface area contributed by atoms with Crippen molar-refractivity contribution in [3.8, 4) is 0 Å². The Labute approximate surface area is 109 Å². The van der Waals surface area contributed by atoms with Crippen molar-refractivity contribution in [3.05, 3.63) is 11.3 Å². The Kier molecular flexibility index (Phi) is 3.09. The number of hydrogen-bond acceptors (Lipinski definition) is 6. The van der Waals surface area contributed by atoms with Crippen LogP contribution in [0.1, 0.15) is 17.7 Å². The highest BCUT2D eigenvalue weighted by Gasteiger charge is 2.21. The smallest absolute Gasteiger partial charge is 0.255 e. The molecule has 0 aromatic carbocycles. The van der Waals surface area contributed by atoms with Gasteiger partial charge in [0.1, 0.15) is 5.82 Å². The first-order chi connectivity index (χ1) is 8.83. The van der Waals surface area contributed by atoms with Gasteiger partial charge in [0.05, 0.1) is 12.3 Å². The summed E-state index contributed by atoms with van der Waals surface area (Å²) in [6, 6.07) is 0. The average Bonchev–Trinajstić information content (AvgIpc) is 2.99. The van der Waals surface area contributed by atoms with Gasteiger partial charge in [-0.05, 0) is 25.5 Å². The van der Waals surface area contributed by atoms with E-state index in [1.54, 1.807) is 4.52 Å². The molecule has 0 unspecified atom stereocenters. The molecule has 0 spiro atoms. The summed E-state index contributed by atoms with van der Waals surface area (Å²) in [7, 11) is 0. The summed E-state index contributed by atoms with van der Waals surface area (Å²) >= 11 is 1.50. The minimum atomic E-state index is 0.0999. The summed E-state index contributed by atoms with van der Waals surface area (Å²) in [6.07, 6.45) is 5.09. The van der Waals surface area contributed by atoms with E-state index in [0.29, 0.717) is 12.3 Å². The molecule has 0 saturated heterocycles. The first-order valence-electron chi connectivity index (χ1n) is 6.00. The second-order valence-electron chi connectivity index (χ2n) is 4.20. The van der Waals surface area contributed by atoms with Gasteiger partial charge in [0.25, 0.3) is 5.78 Å². The van der Waals surface area contributed by atoms with Crippen LogP contribution in [-0.2, 0) is 12.8 Å². The molecule has 7 heteroatoms. The molecule has 0 fully saturated rings. The highest BCUT2D eigenvalue weighted by atomic mass is 32.2. The number of fused-ring (bicyclic) bond motifs is 2. The van der Waals surface area contributed by atoms with Crippen LogP contribution in [0.4, 0.5) is 5.82 Å². The third kappa shape index (κ3) is 1.83. The third-order valence-electron chi connectivity index (χ3n) is 3.08. The number of aromatic nitrogens is 4. The Bertz CT molecular complexity index is 582. The maximum absolute atomic E-state index is 8.97. The van der Waals surface area contributed by atoms with E-state index in [1.807, 2.05) is 6.26 Å². The maximum Gasteiger partial charge on any atom is 0.255 e. The SMILES string of the molecule is CSc1nc2nc3c(c(NCCO)n2n1)CCC3. The molecular weight excluding hydrogens is 250 g/mol. The van der Waals surface area contributed by atoms with Gasteiger partial charge in [-0.25, -0.2) is 4.98 Å². The van der Waals surface area contributed by atoms with Crippen molar-refractivity contribution >= 4 is 23.4 Å². The lowest BCUT2D eigenvalue weighted by atomic mass is 10.2. The standard InChI is InChI=1S/C11H15N5OS/c1-18-11-14-10-13-8-4-2-3-7(8)9(12-5-6-17)16(10)15-11/h12,17H,2-6H2,1H3. The molecule has 0 atom stereocenters. The van der Waals surface area contributed by atoms with Crippen LogP contribution < -0.4 is 5.32 Å². The van der Waals surface area contributed by atoms with Gasteiger partial charge in [-0.3, -0.25) is 0 Å². The van der Waals surface area contributed by atoms with Gasteiger partial charge < -0.3 is 10.4 Å².